The summed E-state index contributed by atoms with van der Waals surface area (Å²) in [5.74, 6) is 0.487. The van der Waals surface area contributed by atoms with Crippen molar-refractivity contribution in [3.8, 4) is 0 Å². The number of amides is 1. The van der Waals surface area contributed by atoms with Crippen LogP contribution in [0.3, 0.4) is 0 Å². The smallest absolute Gasteiger partial charge is 0.225 e. The summed E-state index contributed by atoms with van der Waals surface area (Å²) in [5.41, 5.74) is 1.80. The fourth-order valence-corrected chi connectivity index (χ4v) is 5.56. The molecule has 1 amide bonds. The fraction of sp³-hybridized carbons (Fsp3) is 0.696. The van der Waals surface area contributed by atoms with Crippen LogP contribution in [0.1, 0.15) is 69.9 Å². The van der Waals surface area contributed by atoms with Crippen LogP contribution in [0.25, 0.3) is 0 Å². The summed E-state index contributed by atoms with van der Waals surface area (Å²) in [4.78, 5) is 17.6. The van der Waals surface area contributed by atoms with Crippen LogP contribution in [-0.2, 0) is 4.79 Å². The van der Waals surface area contributed by atoms with E-state index in [9.17, 15) is 9.18 Å². The predicted molar refractivity (Wildman–Crippen MR) is 106 cm³/mol. The van der Waals surface area contributed by atoms with Gasteiger partial charge in [0.1, 0.15) is 5.82 Å². The Hall–Kier alpha value is -1.42. The highest BCUT2D eigenvalue weighted by atomic mass is 19.1. The van der Waals surface area contributed by atoms with Crippen LogP contribution in [0.2, 0.25) is 0 Å². The molecule has 1 atom stereocenters. The summed E-state index contributed by atoms with van der Waals surface area (Å²) in [6, 6.07) is 7.22. The minimum absolute atomic E-state index is 0.180. The van der Waals surface area contributed by atoms with E-state index < -0.39 is 0 Å². The number of rotatable bonds is 4. The van der Waals surface area contributed by atoms with Crippen molar-refractivity contribution in [2.45, 2.75) is 64.3 Å². The minimum Gasteiger partial charge on any atom is -0.340 e. The van der Waals surface area contributed by atoms with Gasteiger partial charge in [0, 0.05) is 38.1 Å². The number of nitrogens with zero attached hydrogens (tertiary/aromatic N) is 2. The molecule has 2 aliphatic carbocycles. The first kappa shape index (κ1) is 18.9. The van der Waals surface area contributed by atoms with Gasteiger partial charge in [0.25, 0.3) is 0 Å². The van der Waals surface area contributed by atoms with Gasteiger partial charge in [0.05, 0.1) is 0 Å². The number of benzene rings is 1. The van der Waals surface area contributed by atoms with E-state index in [1.165, 1.54) is 37.7 Å². The molecule has 1 aromatic rings. The molecule has 3 aliphatic rings. The van der Waals surface area contributed by atoms with E-state index in [4.69, 9.17) is 0 Å². The second-order valence-corrected chi connectivity index (χ2v) is 8.96. The van der Waals surface area contributed by atoms with Crippen molar-refractivity contribution in [1.29, 1.82) is 0 Å². The maximum absolute atomic E-state index is 13.2. The number of hydrogen-bond acceptors (Lipinski definition) is 2. The van der Waals surface area contributed by atoms with Crippen molar-refractivity contribution in [3.05, 3.63) is 35.6 Å². The highest BCUT2D eigenvalue weighted by Crippen LogP contribution is 2.52. The van der Waals surface area contributed by atoms with Crippen molar-refractivity contribution >= 4 is 5.91 Å². The maximum atomic E-state index is 13.2. The summed E-state index contributed by atoms with van der Waals surface area (Å²) in [6.45, 7) is 5.68. The van der Waals surface area contributed by atoms with Crippen LogP contribution >= 0.6 is 0 Å². The van der Waals surface area contributed by atoms with Gasteiger partial charge in [-0.3, -0.25) is 9.69 Å². The molecule has 1 aliphatic heterocycles. The van der Waals surface area contributed by atoms with Crippen LogP contribution in [0.4, 0.5) is 4.39 Å². The molecular weight excluding hydrogens is 339 g/mol. The van der Waals surface area contributed by atoms with Crippen molar-refractivity contribution in [3.63, 3.8) is 0 Å². The van der Waals surface area contributed by atoms with Crippen LogP contribution in [-0.4, -0.2) is 41.9 Å². The average Bonchev–Trinajstić information content (AvgIpc) is 2.69. The topological polar surface area (TPSA) is 23.6 Å². The predicted octanol–water partition coefficient (Wildman–Crippen LogP) is 4.78. The molecule has 1 spiro atoms. The first-order valence-electron chi connectivity index (χ1n) is 10.9. The van der Waals surface area contributed by atoms with Crippen molar-refractivity contribution < 1.29 is 9.18 Å². The molecule has 148 valence electrons. The largest absolute Gasteiger partial charge is 0.340 e. The molecule has 4 heteroatoms. The van der Waals surface area contributed by atoms with Gasteiger partial charge in [-0.05, 0) is 68.1 Å². The van der Waals surface area contributed by atoms with Gasteiger partial charge in [-0.1, -0.05) is 25.5 Å². The lowest BCUT2D eigenvalue weighted by Crippen LogP contribution is -2.51. The van der Waals surface area contributed by atoms with Crippen molar-refractivity contribution in [1.82, 2.24) is 9.80 Å². The molecule has 2 saturated carbocycles. The number of carbonyl (C=O) groups is 1. The summed E-state index contributed by atoms with van der Waals surface area (Å²) < 4.78 is 13.2. The van der Waals surface area contributed by atoms with E-state index in [1.54, 1.807) is 12.1 Å². The molecule has 3 nitrogen and oxygen atoms in total. The third kappa shape index (κ3) is 3.91. The first-order valence-corrected chi connectivity index (χ1v) is 10.9. The highest BCUT2D eigenvalue weighted by molar-refractivity contribution is 5.79. The van der Waals surface area contributed by atoms with Gasteiger partial charge in [-0.2, -0.15) is 0 Å². The van der Waals surface area contributed by atoms with Crippen LogP contribution in [0.15, 0.2) is 24.3 Å². The number of carbonyl (C=O) groups excluding carboxylic acids is 1. The molecular formula is C23H33FN2O. The van der Waals surface area contributed by atoms with Gasteiger partial charge in [0.15, 0.2) is 0 Å². The second-order valence-electron chi connectivity index (χ2n) is 8.96. The van der Waals surface area contributed by atoms with Gasteiger partial charge >= 0.3 is 0 Å². The Labute approximate surface area is 162 Å². The Bertz CT molecular complexity index is 637. The Morgan fingerprint density at radius 1 is 1.07 bits per heavy atom. The van der Waals surface area contributed by atoms with E-state index in [2.05, 4.69) is 16.7 Å². The lowest BCUT2D eigenvalue weighted by molar-refractivity contribution is -0.140. The monoisotopic (exact) mass is 372 g/mol. The average molecular weight is 373 g/mol. The zero-order chi connectivity index (χ0) is 18.9. The van der Waals surface area contributed by atoms with Crippen LogP contribution < -0.4 is 0 Å². The standard InChI is InChI=1S/C23H33FN2O/c1-2-21(18-4-6-20(24)7-5-18)25-14-16-26(17-15-25)22(27)19-8-12-23(13-9-19)10-3-11-23/h4-7,19,21H,2-3,8-17H2,1H3. The van der Waals surface area contributed by atoms with Crippen molar-refractivity contribution in [2.24, 2.45) is 11.3 Å². The van der Waals surface area contributed by atoms with Crippen molar-refractivity contribution in [2.75, 3.05) is 26.2 Å². The third-order valence-corrected chi connectivity index (χ3v) is 7.52. The molecule has 1 saturated heterocycles. The van der Waals surface area contributed by atoms with Gasteiger partial charge in [-0.15, -0.1) is 0 Å². The molecule has 0 N–H and O–H groups in total. The first-order chi connectivity index (χ1) is 13.1. The van der Waals surface area contributed by atoms with E-state index >= 15 is 0 Å². The number of halogens is 1. The van der Waals surface area contributed by atoms with E-state index in [0.29, 0.717) is 17.4 Å². The van der Waals surface area contributed by atoms with E-state index in [0.717, 1.165) is 45.4 Å². The van der Waals surface area contributed by atoms with E-state index in [1.807, 2.05) is 12.1 Å². The molecule has 0 bridgehead atoms. The minimum atomic E-state index is -0.180. The fourth-order valence-electron chi connectivity index (χ4n) is 5.56. The normalized spacial score (nSPS) is 24.6. The molecule has 1 unspecified atom stereocenters. The van der Waals surface area contributed by atoms with Gasteiger partial charge in [-0.25, -0.2) is 4.39 Å². The highest BCUT2D eigenvalue weighted by Gasteiger charge is 2.42. The summed E-state index contributed by atoms with van der Waals surface area (Å²) in [7, 11) is 0. The summed E-state index contributed by atoms with van der Waals surface area (Å²) in [6.07, 6.45) is 9.94. The Kier molecular flexibility index (Phi) is 5.54. The molecule has 4 rings (SSSR count). The summed E-state index contributed by atoms with van der Waals surface area (Å²) in [5, 5.41) is 0. The molecule has 0 aromatic heterocycles. The van der Waals surface area contributed by atoms with Crippen LogP contribution in [0.5, 0.6) is 0 Å². The molecule has 0 radical (unpaired) electrons. The number of piperazine rings is 1. The lowest BCUT2D eigenvalue weighted by Gasteiger charge is -2.47. The SMILES string of the molecule is CCC(c1ccc(F)cc1)N1CCN(C(=O)C2CCC3(CCC3)CC2)CC1. The van der Waals surface area contributed by atoms with Gasteiger partial charge < -0.3 is 4.90 Å². The third-order valence-electron chi connectivity index (χ3n) is 7.52. The Balaban J connectivity index is 1.30. The van der Waals surface area contributed by atoms with Gasteiger partial charge in [0.2, 0.25) is 5.91 Å². The lowest BCUT2D eigenvalue weighted by atomic mass is 9.59. The Morgan fingerprint density at radius 3 is 2.22 bits per heavy atom. The quantitative estimate of drug-likeness (QED) is 0.759. The summed E-state index contributed by atoms with van der Waals surface area (Å²) >= 11 is 0. The molecule has 3 fully saturated rings. The zero-order valence-corrected chi connectivity index (χ0v) is 16.6. The molecule has 27 heavy (non-hydrogen) atoms. The zero-order valence-electron chi connectivity index (χ0n) is 16.6. The molecule has 1 aromatic carbocycles. The Morgan fingerprint density at radius 2 is 1.70 bits per heavy atom. The second kappa shape index (κ2) is 7.90. The molecule has 1 heterocycles. The maximum Gasteiger partial charge on any atom is 0.225 e. The number of hydrogen-bond donors (Lipinski definition) is 0. The van der Waals surface area contributed by atoms with E-state index in [-0.39, 0.29) is 11.7 Å². The van der Waals surface area contributed by atoms with Crippen LogP contribution in [0, 0.1) is 17.2 Å².